The van der Waals surface area contributed by atoms with Crippen molar-refractivity contribution in [1.82, 2.24) is 4.17 Å². The molecule has 5 heteroatoms. The molecule has 4 aromatic rings. The standard InChI is InChI=1S/C24H20Cl2NP2/c25-28(21-13-5-1-6-14-21,22-15-7-2-8-16-22)27-29(26,23-17-9-3-10-18-23)24-19-11-4-12-20-24/h1-20H/q+1. The fourth-order valence-corrected chi connectivity index (χ4v) is 12.5. The summed E-state index contributed by atoms with van der Waals surface area (Å²) in [5, 5.41) is 4.02. The monoisotopic (exact) mass is 454 g/mol. The first kappa shape index (κ1) is 20.3. The van der Waals surface area contributed by atoms with Crippen LogP contribution in [0, 0.1) is 0 Å². The molecule has 0 aliphatic carbocycles. The maximum atomic E-state index is 7.46. The second-order valence-corrected chi connectivity index (χ2v) is 14.5. The molecule has 0 radical (unpaired) electrons. The van der Waals surface area contributed by atoms with Crippen LogP contribution in [0.5, 0.6) is 0 Å². The van der Waals surface area contributed by atoms with E-state index in [1.165, 1.54) is 0 Å². The number of hydrogen-bond acceptors (Lipinski definition) is 0. The van der Waals surface area contributed by atoms with Gasteiger partial charge in [0.15, 0.2) is 0 Å². The van der Waals surface area contributed by atoms with Crippen LogP contribution in [0.2, 0.25) is 0 Å². The Labute approximate surface area is 181 Å². The number of nitrogens with zero attached hydrogens (tertiary/aromatic N) is 1. The Morgan fingerprint density at radius 1 is 0.379 bits per heavy atom. The predicted octanol–water partition coefficient (Wildman–Crippen LogP) is 6.07. The quantitative estimate of drug-likeness (QED) is 0.262. The summed E-state index contributed by atoms with van der Waals surface area (Å²) in [5.41, 5.74) is 0. The molecule has 1 nitrogen and oxygen atoms in total. The summed E-state index contributed by atoms with van der Waals surface area (Å²) in [6, 6.07) is 40.4. The Hall–Kier alpha value is -1.97. The van der Waals surface area contributed by atoms with Crippen LogP contribution in [0.25, 0.3) is 0 Å². The molecule has 0 N–H and O–H groups in total. The third-order valence-corrected chi connectivity index (χ3v) is 14.1. The first-order chi connectivity index (χ1) is 14.1. The summed E-state index contributed by atoms with van der Waals surface area (Å²) in [7, 11) is 0. The lowest BCUT2D eigenvalue weighted by molar-refractivity contribution is 1.71. The van der Waals surface area contributed by atoms with Gasteiger partial charge >= 0.3 is 12.8 Å². The van der Waals surface area contributed by atoms with Gasteiger partial charge in [-0.1, -0.05) is 72.8 Å². The largest absolute Gasteiger partial charge is 0.359 e. The molecule has 0 unspecified atom stereocenters. The van der Waals surface area contributed by atoms with Crippen LogP contribution in [-0.4, -0.2) is 0 Å². The first-order valence-electron chi connectivity index (χ1n) is 9.28. The molecule has 4 rings (SSSR count). The molecular formula is C24H20Cl2NP2+. The maximum Gasteiger partial charge on any atom is 0.359 e. The lowest BCUT2D eigenvalue weighted by Crippen LogP contribution is -2.18. The van der Waals surface area contributed by atoms with E-state index in [2.05, 4.69) is 48.5 Å². The molecule has 0 aromatic heterocycles. The average molecular weight is 455 g/mol. The number of benzene rings is 4. The highest BCUT2D eigenvalue weighted by Crippen LogP contribution is 2.56. The van der Waals surface area contributed by atoms with Crippen LogP contribution in [-0.2, 0) is 0 Å². The predicted molar refractivity (Wildman–Crippen MR) is 132 cm³/mol. The van der Waals surface area contributed by atoms with E-state index in [1.807, 2.05) is 72.8 Å². The number of hydrogen-bond donors (Lipinski definition) is 0. The van der Waals surface area contributed by atoms with Gasteiger partial charge in [0, 0.05) is 0 Å². The molecule has 29 heavy (non-hydrogen) atoms. The number of halogens is 2. The summed E-state index contributed by atoms with van der Waals surface area (Å²) in [4.78, 5) is 0. The summed E-state index contributed by atoms with van der Waals surface area (Å²) in [6.45, 7) is 0. The van der Waals surface area contributed by atoms with Gasteiger partial charge in [-0.15, -0.1) is 4.17 Å². The number of rotatable bonds is 4. The highest BCUT2D eigenvalue weighted by atomic mass is 35.7. The molecule has 0 aliphatic heterocycles. The summed E-state index contributed by atoms with van der Waals surface area (Å²) in [5.74, 6) is 0. The van der Waals surface area contributed by atoms with Crippen LogP contribution in [0.15, 0.2) is 121 Å². The van der Waals surface area contributed by atoms with E-state index in [0.29, 0.717) is 0 Å². The zero-order valence-corrected chi connectivity index (χ0v) is 18.9. The van der Waals surface area contributed by atoms with Gasteiger partial charge in [0.25, 0.3) is 0 Å². The molecule has 0 amide bonds. The van der Waals surface area contributed by atoms with Crippen LogP contribution < -0.4 is 25.4 Å². The summed E-state index contributed by atoms with van der Waals surface area (Å²) < 4.78 is 5.37. The topological polar surface area (TPSA) is 14.1 Å². The molecule has 0 heterocycles. The van der Waals surface area contributed by atoms with Crippen molar-refractivity contribution < 1.29 is 0 Å². The Kier molecular flexibility index (Phi) is 6.17. The van der Waals surface area contributed by atoms with Gasteiger partial charge < -0.3 is 0 Å². The van der Waals surface area contributed by atoms with E-state index < -0.39 is 12.8 Å². The van der Waals surface area contributed by atoms with Crippen LogP contribution in [0.4, 0.5) is 0 Å². The van der Waals surface area contributed by atoms with Gasteiger partial charge in [-0.2, -0.15) is 0 Å². The van der Waals surface area contributed by atoms with Gasteiger partial charge in [-0.3, -0.25) is 0 Å². The Morgan fingerprint density at radius 3 is 0.793 bits per heavy atom. The fraction of sp³-hybridized carbons (Fsp3) is 0. The van der Waals surface area contributed by atoms with E-state index in [4.69, 9.17) is 26.7 Å². The van der Waals surface area contributed by atoms with E-state index in [1.54, 1.807) is 0 Å². The summed E-state index contributed by atoms with van der Waals surface area (Å²) in [6.07, 6.45) is -5.22. The fourth-order valence-electron chi connectivity index (χ4n) is 3.18. The zero-order valence-electron chi connectivity index (χ0n) is 15.6. The third kappa shape index (κ3) is 4.17. The van der Waals surface area contributed by atoms with Crippen molar-refractivity contribution in [3.63, 3.8) is 0 Å². The van der Waals surface area contributed by atoms with Crippen molar-refractivity contribution in [3.05, 3.63) is 121 Å². The maximum absolute atomic E-state index is 7.46. The second kappa shape index (κ2) is 8.81. The molecule has 4 aromatic carbocycles. The highest BCUT2D eigenvalue weighted by Gasteiger charge is 2.39. The van der Waals surface area contributed by atoms with Crippen LogP contribution in [0.3, 0.4) is 0 Å². The molecule has 144 valence electrons. The van der Waals surface area contributed by atoms with Crippen molar-refractivity contribution in [1.29, 1.82) is 0 Å². The van der Waals surface area contributed by atoms with Gasteiger partial charge in [-0.05, 0) is 71.0 Å². The van der Waals surface area contributed by atoms with Crippen molar-refractivity contribution >= 4 is 56.5 Å². The Morgan fingerprint density at radius 2 is 0.586 bits per heavy atom. The zero-order chi connectivity index (χ0) is 20.2. The molecule has 0 saturated carbocycles. The minimum Gasteiger partial charge on any atom is -0.124 e. The average Bonchev–Trinajstić information content (AvgIpc) is 2.81. The summed E-state index contributed by atoms with van der Waals surface area (Å²) >= 11 is 14.9. The van der Waals surface area contributed by atoms with Crippen LogP contribution >= 0.6 is 35.3 Å². The minimum absolute atomic E-state index is 1.00. The molecule has 0 aliphatic rings. The molecular weight excluding hydrogens is 435 g/mol. The highest BCUT2D eigenvalue weighted by molar-refractivity contribution is 8.08. The molecule has 0 saturated heterocycles. The second-order valence-electron chi connectivity index (χ2n) is 6.54. The van der Waals surface area contributed by atoms with Gasteiger partial charge in [0.1, 0.15) is 0 Å². The van der Waals surface area contributed by atoms with Crippen molar-refractivity contribution in [2.24, 2.45) is 0 Å². The molecule has 0 bridgehead atoms. The van der Waals surface area contributed by atoms with Gasteiger partial charge in [0.2, 0.25) is 0 Å². The van der Waals surface area contributed by atoms with E-state index in [-0.39, 0.29) is 0 Å². The lowest BCUT2D eigenvalue weighted by Gasteiger charge is -2.11. The van der Waals surface area contributed by atoms with Gasteiger partial charge in [-0.25, -0.2) is 0 Å². The Bertz CT molecular complexity index is 1020. The van der Waals surface area contributed by atoms with E-state index in [0.717, 1.165) is 21.2 Å². The molecule has 0 atom stereocenters. The van der Waals surface area contributed by atoms with E-state index in [9.17, 15) is 0 Å². The first-order valence-corrected chi connectivity index (χ1v) is 14.6. The third-order valence-electron chi connectivity index (χ3n) is 4.64. The van der Waals surface area contributed by atoms with Gasteiger partial charge in [0.05, 0.1) is 21.2 Å². The lowest BCUT2D eigenvalue weighted by atomic mass is 10.4. The molecule has 0 fully saturated rings. The van der Waals surface area contributed by atoms with Crippen molar-refractivity contribution in [3.8, 4) is 0 Å². The van der Waals surface area contributed by atoms with Crippen LogP contribution in [0.1, 0.15) is 0 Å². The Balaban J connectivity index is 2.21. The SMILES string of the molecule is ClP(=[N+]=P(Cl)(c1ccccc1)c1ccccc1)(c1ccccc1)c1ccccc1. The molecule has 0 spiro atoms. The van der Waals surface area contributed by atoms with Crippen molar-refractivity contribution in [2.75, 3.05) is 0 Å². The van der Waals surface area contributed by atoms with Crippen molar-refractivity contribution in [2.45, 2.75) is 0 Å². The normalized spacial score (nSPS) is 11.7. The van der Waals surface area contributed by atoms with E-state index >= 15 is 0 Å². The smallest absolute Gasteiger partial charge is 0.124 e. The minimum atomic E-state index is -2.61.